The summed E-state index contributed by atoms with van der Waals surface area (Å²) in [5.74, 6) is -0.0660. The molecule has 9 heteroatoms. The molecule has 4 heterocycles. The fraction of sp³-hybridized carbons (Fsp3) is 0.308. The van der Waals surface area contributed by atoms with Crippen molar-refractivity contribution < 1.29 is 9.53 Å². The van der Waals surface area contributed by atoms with Crippen LogP contribution < -0.4 is 11.1 Å². The maximum atomic E-state index is 13.6. The Labute approximate surface area is 209 Å². The van der Waals surface area contributed by atoms with Crippen LogP contribution in [0.25, 0.3) is 22.5 Å². The molecule has 0 bridgehead atoms. The third-order valence-corrected chi connectivity index (χ3v) is 7.05. The van der Waals surface area contributed by atoms with Gasteiger partial charge in [0.15, 0.2) is 0 Å². The van der Waals surface area contributed by atoms with E-state index in [0.717, 1.165) is 18.4 Å². The van der Waals surface area contributed by atoms with Gasteiger partial charge in [0.2, 0.25) is 0 Å². The van der Waals surface area contributed by atoms with Gasteiger partial charge in [0, 0.05) is 50.0 Å². The van der Waals surface area contributed by atoms with Crippen LogP contribution in [0.5, 0.6) is 0 Å². The summed E-state index contributed by atoms with van der Waals surface area (Å²) in [5.41, 5.74) is 4.77. The molecule has 0 radical (unpaired) electrons. The first kappa shape index (κ1) is 23.3. The van der Waals surface area contributed by atoms with Crippen molar-refractivity contribution in [3.05, 3.63) is 85.0 Å². The summed E-state index contributed by atoms with van der Waals surface area (Å²) in [5, 5.41) is 0. The van der Waals surface area contributed by atoms with Gasteiger partial charge in [-0.3, -0.25) is 19.0 Å². The minimum absolute atomic E-state index is 0.0718. The van der Waals surface area contributed by atoms with Crippen molar-refractivity contribution in [3.63, 3.8) is 0 Å². The highest BCUT2D eigenvalue weighted by Crippen LogP contribution is 2.37. The lowest BCUT2D eigenvalue weighted by molar-refractivity contribution is -0.142. The van der Waals surface area contributed by atoms with Gasteiger partial charge in [0.05, 0.1) is 4.47 Å². The molecule has 1 aliphatic rings. The molecule has 1 aliphatic carbocycles. The number of rotatable bonds is 4. The van der Waals surface area contributed by atoms with Crippen LogP contribution in [0.2, 0.25) is 0 Å². The first-order chi connectivity index (χ1) is 16.6. The highest BCUT2D eigenvalue weighted by atomic mass is 79.9. The number of carbonyl (C=O) groups is 1. The molecule has 0 spiro atoms. The average molecular weight is 537 g/mol. The third kappa shape index (κ3) is 4.03. The number of aromatic nitrogens is 4. The molecule has 4 aromatic rings. The molecule has 0 amide bonds. The Morgan fingerprint density at radius 3 is 2.66 bits per heavy atom. The minimum Gasteiger partial charge on any atom is -0.461 e. The molecule has 0 saturated heterocycles. The van der Waals surface area contributed by atoms with Crippen LogP contribution in [0.1, 0.15) is 37.6 Å². The van der Waals surface area contributed by atoms with Gasteiger partial charge in [-0.2, -0.15) is 0 Å². The number of nitrogens with zero attached hydrogens (tertiary/aromatic N) is 4. The quantitative estimate of drug-likeness (QED) is 0.370. The molecule has 0 atom stereocenters. The Morgan fingerprint density at radius 1 is 1.17 bits per heavy atom. The Hall–Kier alpha value is -3.46. The smallest absolute Gasteiger partial charge is 0.302 e. The van der Waals surface area contributed by atoms with E-state index in [2.05, 4.69) is 34.8 Å². The van der Waals surface area contributed by atoms with E-state index in [-0.39, 0.29) is 23.1 Å². The zero-order valence-electron chi connectivity index (χ0n) is 20.0. The van der Waals surface area contributed by atoms with Crippen LogP contribution in [0.3, 0.4) is 0 Å². The van der Waals surface area contributed by atoms with E-state index in [1.165, 1.54) is 27.3 Å². The predicted molar refractivity (Wildman–Crippen MR) is 136 cm³/mol. The SMILES string of the molecule is CC(=O)OCc1c(-c2cc(Br)c(=O)n(C)c2)ccnc1-n1ccn2c3c(cc2c1=O)CC(C)(C)C3. The number of hydrogen-bond acceptors (Lipinski definition) is 5. The molecule has 4 aromatic heterocycles. The molecule has 8 nitrogen and oxygen atoms in total. The number of esters is 1. The van der Waals surface area contributed by atoms with Crippen LogP contribution in [0.4, 0.5) is 0 Å². The van der Waals surface area contributed by atoms with Crippen molar-refractivity contribution in [3.8, 4) is 16.9 Å². The molecule has 0 aliphatic heterocycles. The maximum Gasteiger partial charge on any atom is 0.302 e. The second-order valence-corrected chi connectivity index (χ2v) is 10.7. The first-order valence-corrected chi connectivity index (χ1v) is 12.1. The largest absolute Gasteiger partial charge is 0.461 e. The molecule has 180 valence electrons. The van der Waals surface area contributed by atoms with Crippen LogP contribution in [-0.4, -0.2) is 24.5 Å². The van der Waals surface area contributed by atoms with Crippen molar-refractivity contribution in [1.82, 2.24) is 18.5 Å². The molecule has 35 heavy (non-hydrogen) atoms. The van der Waals surface area contributed by atoms with E-state index in [1.807, 2.05) is 16.7 Å². The van der Waals surface area contributed by atoms with Crippen LogP contribution in [0.15, 0.2) is 57.0 Å². The molecule has 0 N–H and O–H groups in total. The number of carbonyl (C=O) groups excluding carboxylic acids is 1. The second kappa shape index (κ2) is 8.34. The maximum absolute atomic E-state index is 13.6. The predicted octanol–water partition coefficient (Wildman–Crippen LogP) is 3.80. The Bertz CT molecular complexity index is 1600. The van der Waals surface area contributed by atoms with Crippen LogP contribution in [-0.2, 0) is 36.0 Å². The monoisotopic (exact) mass is 536 g/mol. The number of fused-ring (bicyclic) bond motifs is 3. The standard InChI is InChI=1S/C26H25BrN4O4/c1-15(32)35-14-19-18(17-9-20(27)24(33)29(4)13-17)5-6-28-23(19)31-8-7-30-21(25(31)34)10-16-11-26(2,3)12-22(16)30/h5-10,13H,11-12,14H2,1-4H3. The number of aryl methyl sites for hydroxylation is 1. The van der Waals surface area contributed by atoms with Gasteiger partial charge in [-0.1, -0.05) is 13.8 Å². The third-order valence-electron chi connectivity index (χ3n) is 6.48. The van der Waals surface area contributed by atoms with E-state index in [9.17, 15) is 14.4 Å². The summed E-state index contributed by atoms with van der Waals surface area (Å²) < 4.78 is 10.7. The lowest BCUT2D eigenvalue weighted by Crippen LogP contribution is -2.23. The highest BCUT2D eigenvalue weighted by Gasteiger charge is 2.31. The molecule has 5 rings (SSSR count). The lowest BCUT2D eigenvalue weighted by atomic mass is 9.90. The summed E-state index contributed by atoms with van der Waals surface area (Å²) in [7, 11) is 1.66. The lowest BCUT2D eigenvalue weighted by Gasteiger charge is -2.17. The summed E-state index contributed by atoms with van der Waals surface area (Å²) in [6.45, 7) is 5.72. The van der Waals surface area contributed by atoms with Crippen molar-refractivity contribution in [2.45, 2.75) is 40.2 Å². The number of pyridine rings is 2. The van der Waals surface area contributed by atoms with E-state index in [0.29, 0.717) is 26.9 Å². The van der Waals surface area contributed by atoms with Crippen LogP contribution >= 0.6 is 15.9 Å². The van der Waals surface area contributed by atoms with Crippen molar-refractivity contribution in [2.24, 2.45) is 12.5 Å². The van der Waals surface area contributed by atoms with Gasteiger partial charge in [0.25, 0.3) is 11.1 Å². The zero-order chi connectivity index (χ0) is 25.1. The minimum atomic E-state index is -0.444. The summed E-state index contributed by atoms with van der Waals surface area (Å²) >= 11 is 3.32. The Morgan fingerprint density at radius 2 is 1.94 bits per heavy atom. The van der Waals surface area contributed by atoms with E-state index in [4.69, 9.17) is 4.74 Å². The first-order valence-electron chi connectivity index (χ1n) is 11.3. The molecule has 0 unspecified atom stereocenters. The number of hydrogen-bond donors (Lipinski definition) is 0. The topological polar surface area (TPSA) is 87.6 Å². The van der Waals surface area contributed by atoms with Gasteiger partial charge in [0.1, 0.15) is 17.9 Å². The van der Waals surface area contributed by atoms with E-state index >= 15 is 0 Å². The van der Waals surface area contributed by atoms with Gasteiger partial charge in [-0.25, -0.2) is 4.98 Å². The van der Waals surface area contributed by atoms with Crippen molar-refractivity contribution in [2.75, 3.05) is 0 Å². The second-order valence-electron chi connectivity index (χ2n) is 9.80. The van der Waals surface area contributed by atoms with E-state index in [1.54, 1.807) is 37.8 Å². The van der Waals surface area contributed by atoms with Crippen molar-refractivity contribution >= 4 is 27.4 Å². The zero-order valence-corrected chi connectivity index (χ0v) is 21.5. The van der Waals surface area contributed by atoms with Crippen LogP contribution in [0, 0.1) is 5.41 Å². The molecular formula is C26H25BrN4O4. The fourth-order valence-electron chi connectivity index (χ4n) is 4.92. The summed E-state index contributed by atoms with van der Waals surface area (Å²) in [4.78, 5) is 42.0. The Kier molecular flexibility index (Phi) is 5.55. The molecular weight excluding hydrogens is 512 g/mol. The number of halogens is 1. The average Bonchev–Trinajstić information content (AvgIpc) is 3.28. The fourth-order valence-corrected chi connectivity index (χ4v) is 5.45. The van der Waals surface area contributed by atoms with Gasteiger partial charge < -0.3 is 13.7 Å². The van der Waals surface area contributed by atoms with Gasteiger partial charge >= 0.3 is 5.97 Å². The van der Waals surface area contributed by atoms with E-state index < -0.39 is 5.97 Å². The Balaban J connectivity index is 1.71. The summed E-state index contributed by atoms with van der Waals surface area (Å²) in [6, 6.07) is 5.47. The molecule has 0 aromatic carbocycles. The van der Waals surface area contributed by atoms with Gasteiger partial charge in [-0.15, -0.1) is 0 Å². The van der Waals surface area contributed by atoms with Crippen molar-refractivity contribution in [1.29, 1.82) is 0 Å². The van der Waals surface area contributed by atoms with Gasteiger partial charge in [-0.05, 0) is 69.1 Å². The molecule has 0 fully saturated rings. The summed E-state index contributed by atoms with van der Waals surface area (Å²) in [6.07, 6.45) is 8.75. The molecule has 0 saturated carbocycles. The highest BCUT2D eigenvalue weighted by molar-refractivity contribution is 9.10. The number of ether oxygens (including phenoxy) is 1. The normalized spacial score (nSPS) is 14.3.